The Balaban J connectivity index is 2.27. The van der Waals surface area contributed by atoms with E-state index >= 15 is 0 Å². The average Bonchev–Trinajstić information content (AvgIpc) is 2.79. The molecule has 7 atom stereocenters. The molecule has 0 aromatic heterocycles. The van der Waals surface area contributed by atoms with Crippen LogP contribution in [0.1, 0.15) is 60.3 Å². The molecule has 0 radical (unpaired) electrons. The summed E-state index contributed by atoms with van der Waals surface area (Å²) in [5.74, 6) is -0.773. The van der Waals surface area contributed by atoms with Crippen LogP contribution in [-0.4, -0.2) is 56.4 Å². The lowest BCUT2D eigenvalue weighted by molar-refractivity contribution is -0.166. The number of rotatable bonds is 2. The molecular formula is C22H34O6. The van der Waals surface area contributed by atoms with E-state index in [0.717, 1.165) is 0 Å². The van der Waals surface area contributed by atoms with E-state index in [1.165, 1.54) is 6.92 Å². The molecule has 158 valence electrons. The van der Waals surface area contributed by atoms with E-state index in [1.807, 2.05) is 6.92 Å². The van der Waals surface area contributed by atoms with Crippen LogP contribution in [0.2, 0.25) is 0 Å². The van der Waals surface area contributed by atoms with Crippen molar-refractivity contribution in [1.82, 2.24) is 0 Å². The van der Waals surface area contributed by atoms with Crippen LogP contribution < -0.4 is 0 Å². The smallest absolute Gasteiger partial charge is 0.303 e. The van der Waals surface area contributed by atoms with Crippen molar-refractivity contribution in [2.45, 2.75) is 90.3 Å². The number of aliphatic hydroxyl groups is 4. The van der Waals surface area contributed by atoms with Crippen LogP contribution in [0.3, 0.4) is 0 Å². The summed E-state index contributed by atoms with van der Waals surface area (Å²) in [6.07, 6.45) is -1.73. The lowest BCUT2D eigenvalue weighted by Crippen LogP contribution is -2.51. The van der Waals surface area contributed by atoms with Gasteiger partial charge in [-0.3, -0.25) is 4.79 Å². The summed E-state index contributed by atoms with van der Waals surface area (Å²) < 4.78 is 5.68. The Morgan fingerprint density at radius 1 is 1.21 bits per heavy atom. The summed E-state index contributed by atoms with van der Waals surface area (Å²) in [5.41, 5.74) is -0.950. The minimum Gasteiger partial charge on any atom is -0.459 e. The molecule has 28 heavy (non-hydrogen) atoms. The number of ether oxygens (including phenoxy) is 1. The van der Waals surface area contributed by atoms with E-state index in [-0.39, 0.29) is 12.3 Å². The van der Waals surface area contributed by atoms with Gasteiger partial charge in [-0.15, -0.1) is 0 Å². The second-order valence-corrected chi connectivity index (χ2v) is 9.82. The van der Waals surface area contributed by atoms with Gasteiger partial charge < -0.3 is 25.2 Å². The highest BCUT2D eigenvalue weighted by molar-refractivity contribution is 5.66. The number of aliphatic hydroxyl groups excluding tert-OH is 3. The molecule has 3 rings (SSSR count). The maximum atomic E-state index is 11.9. The predicted molar refractivity (Wildman–Crippen MR) is 104 cm³/mol. The Morgan fingerprint density at radius 2 is 1.82 bits per heavy atom. The normalized spacial score (nSPS) is 44.0. The Bertz CT molecular complexity index is 719. The van der Waals surface area contributed by atoms with Crippen molar-refractivity contribution in [3.8, 4) is 0 Å². The summed E-state index contributed by atoms with van der Waals surface area (Å²) in [6.45, 7) is 12.6. The molecule has 6 heteroatoms. The van der Waals surface area contributed by atoms with Crippen molar-refractivity contribution in [2.24, 2.45) is 16.7 Å². The summed E-state index contributed by atoms with van der Waals surface area (Å²) >= 11 is 0. The maximum Gasteiger partial charge on any atom is 0.303 e. The molecule has 0 aromatic carbocycles. The van der Waals surface area contributed by atoms with Crippen molar-refractivity contribution in [3.63, 3.8) is 0 Å². The van der Waals surface area contributed by atoms with Gasteiger partial charge in [-0.05, 0) is 69.1 Å². The van der Waals surface area contributed by atoms with Crippen molar-refractivity contribution in [2.75, 3.05) is 0 Å². The lowest BCUT2D eigenvalue weighted by Gasteiger charge is -2.50. The molecule has 0 amide bonds. The molecule has 2 fully saturated rings. The molecule has 6 nitrogen and oxygen atoms in total. The molecule has 2 saturated carbocycles. The Morgan fingerprint density at radius 3 is 2.36 bits per heavy atom. The van der Waals surface area contributed by atoms with Gasteiger partial charge in [-0.2, -0.15) is 0 Å². The SMILES string of the molecule is C=C1C(O)CCC2(C)C1CC1(C(C)(C)O)CC(O)C(C)=C1C(O)C2OC(C)=O. The van der Waals surface area contributed by atoms with Crippen molar-refractivity contribution in [3.05, 3.63) is 23.3 Å². The first kappa shape index (κ1) is 21.5. The van der Waals surface area contributed by atoms with Gasteiger partial charge in [-0.25, -0.2) is 0 Å². The highest BCUT2D eigenvalue weighted by Crippen LogP contribution is 2.64. The Kier molecular flexibility index (Phi) is 5.11. The number of hydrogen-bond donors (Lipinski definition) is 4. The van der Waals surface area contributed by atoms with Gasteiger partial charge in [0.1, 0.15) is 12.2 Å². The quantitative estimate of drug-likeness (QED) is 0.421. The van der Waals surface area contributed by atoms with Crippen LogP contribution in [0, 0.1) is 16.7 Å². The third-order valence-corrected chi connectivity index (χ3v) is 7.86. The fourth-order valence-electron chi connectivity index (χ4n) is 6.10. The molecular weight excluding hydrogens is 360 g/mol. The standard InChI is InChI=1S/C22H34O6/c1-11-14-9-22(20(4,5)27)10-16(25)12(2)17(22)18(26)19(28-13(3)23)21(14,6)8-7-15(11)24/h14-16,18-19,24-27H,1,7-10H2,2-6H3. The largest absolute Gasteiger partial charge is 0.459 e. The van der Waals surface area contributed by atoms with E-state index in [9.17, 15) is 25.2 Å². The number of carbonyl (C=O) groups is 1. The topological polar surface area (TPSA) is 107 Å². The van der Waals surface area contributed by atoms with E-state index in [1.54, 1.807) is 20.8 Å². The van der Waals surface area contributed by atoms with Crippen LogP contribution in [-0.2, 0) is 9.53 Å². The summed E-state index contributed by atoms with van der Waals surface area (Å²) in [7, 11) is 0. The molecule has 3 aliphatic rings. The van der Waals surface area contributed by atoms with Crippen molar-refractivity contribution in [1.29, 1.82) is 0 Å². The van der Waals surface area contributed by atoms with Gasteiger partial charge in [0.05, 0.1) is 17.8 Å². The molecule has 0 spiro atoms. The molecule has 3 aliphatic carbocycles. The maximum absolute atomic E-state index is 11.9. The van der Waals surface area contributed by atoms with Crippen LogP contribution in [0.25, 0.3) is 0 Å². The molecule has 0 heterocycles. The molecule has 0 aliphatic heterocycles. The first-order valence-corrected chi connectivity index (χ1v) is 10.1. The lowest BCUT2D eigenvalue weighted by atomic mass is 9.57. The first-order valence-electron chi connectivity index (χ1n) is 10.1. The Hall–Kier alpha value is -1.21. The molecule has 0 aromatic rings. The van der Waals surface area contributed by atoms with Crippen molar-refractivity contribution < 1.29 is 30.0 Å². The zero-order valence-corrected chi connectivity index (χ0v) is 17.5. The third kappa shape index (κ3) is 2.88. The average molecular weight is 395 g/mol. The van der Waals surface area contributed by atoms with E-state index < -0.39 is 46.8 Å². The molecule has 4 N–H and O–H groups in total. The van der Waals surface area contributed by atoms with Crippen LogP contribution in [0.5, 0.6) is 0 Å². The zero-order valence-electron chi connectivity index (χ0n) is 17.5. The number of carbonyl (C=O) groups excluding carboxylic acids is 1. The molecule has 0 bridgehead atoms. The number of fused-ring (bicyclic) bond motifs is 2. The Labute approximate surface area is 166 Å². The monoisotopic (exact) mass is 394 g/mol. The van der Waals surface area contributed by atoms with E-state index in [0.29, 0.717) is 36.0 Å². The molecule has 7 unspecified atom stereocenters. The van der Waals surface area contributed by atoms with Crippen LogP contribution in [0.15, 0.2) is 23.3 Å². The minimum absolute atomic E-state index is 0.275. The van der Waals surface area contributed by atoms with Gasteiger partial charge in [-0.1, -0.05) is 13.5 Å². The van der Waals surface area contributed by atoms with Gasteiger partial charge in [0.2, 0.25) is 0 Å². The van der Waals surface area contributed by atoms with Gasteiger partial charge >= 0.3 is 5.97 Å². The van der Waals surface area contributed by atoms with Gasteiger partial charge in [0, 0.05) is 17.8 Å². The first-order chi connectivity index (χ1) is 12.8. The molecule has 0 saturated heterocycles. The summed E-state index contributed by atoms with van der Waals surface area (Å²) in [5, 5.41) is 43.9. The highest BCUT2D eigenvalue weighted by Gasteiger charge is 2.64. The minimum atomic E-state index is -1.24. The van der Waals surface area contributed by atoms with Gasteiger partial charge in [0.15, 0.2) is 0 Å². The highest BCUT2D eigenvalue weighted by atomic mass is 16.6. The number of hydrogen-bond acceptors (Lipinski definition) is 6. The fourth-order valence-corrected chi connectivity index (χ4v) is 6.10. The predicted octanol–water partition coefficient (Wildman–Crippen LogP) is 1.85. The van der Waals surface area contributed by atoms with Crippen LogP contribution >= 0.6 is 0 Å². The fraction of sp³-hybridized carbons (Fsp3) is 0.773. The zero-order chi connectivity index (χ0) is 21.2. The van der Waals surface area contributed by atoms with Gasteiger partial charge in [0.25, 0.3) is 0 Å². The van der Waals surface area contributed by atoms with Crippen molar-refractivity contribution >= 4 is 5.97 Å². The number of esters is 1. The summed E-state index contributed by atoms with van der Waals surface area (Å²) in [6, 6.07) is 0. The summed E-state index contributed by atoms with van der Waals surface area (Å²) in [4.78, 5) is 11.9. The van der Waals surface area contributed by atoms with E-state index in [4.69, 9.17) is 4.74 Å². The van der Waals surface area contributed by atoms with E-state index in [2.05, 4.69) is 6.58 Å². The second kappa shape index (κ2) is 6.66. The second-order valence-electron chi connectivity index (χ2n) is 9.82. The van der Waals surface area contributed by atoms with Crippen LogP contribution in [0.4, 0.5) is 0 Å². The third-order valence-electron chi connectivity index (χ3n) is 7.86.